The van der Waals surface area contributed by atoms with Crippen LogP contribution in [0.25, 0.3) is 21.6 Å². The van der Waals surface area contributed by atoms with Crippen LogP contribution in [0.3, 0.4) is 0 Å². The number of hydrazine groups is 1. The fraction of sp³-hybridized carbons (Fsp3) is 0.333. The summed E-state index contributed by atoms with van der Waals surface area (Å²) in [6, 6.07) is 32.3. The van der Waals surface area contributed by atoms with E-state index in [2.05, 4.69) is 20.9 Å². The maximum absolute atomic E-state index is 14.7. The van der Waals surface area contributed by atoms with Crippen LogP contribution in [-0.2, 0) is 16.0 Å². The Balaban J connectivity index is 1.40. The van der Waals surface area contributed by atoms with E-state index >= 15 is 0 Å². The molecular weight excluding hydrogens is 632 g/mol. The number of nitrogens with zero attached hydrogens (tertiary/aromatic N) is 4. The molecule has 4 N–H and O–H groups in total. The van der Waals surface area contributed by atoms with Gasteiger partial charge in [-0.1, -0.05) is 103 Å². The second kappa shape index (κ2) is 16.0. The van der Waals surface area contributed by atoms with Crippen molar-refractivity contribution in [3.63, 3.8) is 0 Å². The van der Waals surface area contributed by atoms with Gasteiger partial charge in [0.05, 0.1) is 12.2 Å². The Morgan fingerprint density at radius 3 is 2.32 bits per heavy atom. The third kappa shape index (κ3) is 7.98. The smallest absolute Gasteiger partial charge is 0.266 e. The predicted octanol–water partition coefficient (Wildman–Crippen LogP) is 6.87. The van der Waals surface area contributed by atoms with Crippen molar-refractivity contribution in [2.24, 2.45) is 10.1 Å². The standard InChI is InChI=1S/C39H42N6O5/c40-45-43-34-13-6-5-12-32(34)26-39(37(47)44-41-27-38(48)22-7-2-8-23-38)35(30-16-14-29(15-17-30)28-10-3-1-4-11-28)50-36(42-39)31-18-20-33(21-19-31)49-25-9-24-46/h1,3-6,10-21,35,41,46,48H,2,7-9,22-27H2,(H,44,47)/t35-,39-/m0/s1. The summed E-state index contributed by atoms with van der Waals surface area (Å²) in [5.74, 6) is 0.445. The fourth-order valence-electron chi connectivity index (χ4n) is 6.64. The van der Waals surface area contributed by atoms with Crippen molar-refractivity contribution in [1.82, 2.24) is 10.9 Å². The Morgan fingerprint density at radius 1 is 0.920 bits per heavy atom. The van der Waals surface area contributed by atoms with E-state index in [0.717, 1.165) is 36.0 Å². The summed E-state index contributed by atoms with van der Waals surface area (Å²) in [5, 5.41) is 24.2. The average molecular weight is 675 g/mol. The van der Waals surface area contributed by atoms with Crippen molar-refractivity contribution in [2.75, 3.05) is 19.8 Å². The summed E-state index contributed by atoms with van der Waals surface area (Å²) in [6.45, 7) is 0.609. The molecule has 1 fully saturated rings. The van der Waals surface area contributed by atoms with E-state index in [4.69, 9.17) is 19.6 Å². The highest BCUT2D eigenvalue weighted by Gasteiger charge is 2.53. The van der Waals surface area contributed by atoms with Gasteiger partial charge in [-0.25, -0.2) is 10.4 Å². The number of ether oxygens (including phenoxy) is 2. The summed E-state index contributed by atoms with van der Waals surface area (Å²) in [6.07, 6.45) is 3.95. The van der Waals surface area contributed by atoms with E-state index in [1.54, 1.807) is 24.3 Å². The minimum atomic E-state index is -1.55. The molecule has 50 heavy (non-hydrogen) atoms. The van der Waals surface area contributed by atoms with Gasteiger partial charge in [0.15, 0.2) is 11.6 Å². The number of carbonyl (C=O) groups is 1. The number of nitrogens with one attached hydrogen (secondary N) is 2. The van der Waals surface area contributed by atoms with Crippen LogP contribution >= 0.6 is 0 Å². The number of hydrogen-bond acceptors (Lipinski definition) is 8. The first-order valence-corrected chi connectivity index (χ1v) is 17.1. The van der Waals surface area contributed by atoms with Gasteiger partial charge in [-0.15, -0.1) is 0 Å². The number of carbonyl (C=O) groups excluding carboxylic acids is 1. The highest BCUT2D eigenvalue weighted by molar-refractivity contribution is 6.01. The zero-order chi connectivity index (χ0) is 34.8. The molecule has 0 radical (unpaired) electrons. The Labute approximate surface area is 291 Å². The van der Waals surface area contributed by atoms with Crippen molar-refractivity contribution < 1.29 is 24.5 Å². The largest absolute Gasteiger partial charge is 0.494 e. The molecule has 1 aliphatic heterocycles. The van der Waals surface area contributed by atoms with Gasteiger partial charge in [-0.3, -0.25) is 10.2 Å². The monoisotopic (exact) mass is 674 g/mol. The molecule has 1 saturated carbocycles. The minimum absolute atomic E-state index is 0.0392. The molecule has 0 saturated heterocycles. The number of hydrogen-bond donors (Lipinski definition) is 4. The number of aliphatic imine (C=N–C) groups is 1. The molecule has 4 aromatic carbocycles. The van der Waals surface area contributed by atoms with Crippen LogP contribution in [0.1, 0.15) is 61.3 Å². The molecule has 258 valence electrons. The van der Waals surface area contributed by atoms with Crippen LogP contribution in [-0.4, -0.2) is 52.9 Å². The van der Waals surface area contributed by atoms with Gasteiger partial charge in [0.25, 0.3) is 5.91 Å². The zero-order valence-electron chi connectivity index (χ0n) is 27.9. The zero-order valence-corrected chi connectivity index (χ0v) is 27.9. The molecule has 11 nitrogen and oxygen atoms in total. The van der Waals surface area contributed by atoms with E-state index in [0.29, 0.717) is 48.4 Å². The molecule has 1 heterocycles. The summed E-state index contributed by atoms with van der Waals surface area (Å²) in [7, 11) is 0. The van der Waals surface area contributed by atoms with Crippen LogP contribution < -0.4 is 15.6 Å². The number of benzene rings is 4. The molecule has 6 rings (SSSR count). The van der Waals surface area contributed by atoms with Crippen molar-refractivity contribution in [3.8, 4) is 16.9 Å². The molecule has 4 aromatic rings. The van der Waals surface area contributed by atoms with E-state index in [9.17, 15) is 15.4 Å². The second-order valence-corrected chi connectivity index (χ2v) is 12.9. The van der Waals surface area contributed by atoms with Gasteiger partial charge < -0.3 is 19.7 Å². The van der Waals surface area contributed by atoms with E-state index in [1.165, 1.54) is 0 Å². The highest BCUT2D eigenvalue weighted by Crippen LogP contribution is 2.44. The quantitative estimate of drug-likeness (QED) is 0.0375. The van der Waals surface area contributed by atoms with Crippen LogP contribution in [0.5, 0.6) is 5.75 Å². The van der Waals surface area contributed by atoms with Crippen LogP contribution in [0.15, 0.2) is 113 Å². The molecule has 2 aliphatic rings. The van der Waals surface area contributed by atoms with Crippen molar-refractivity contribution in [3.05, 3.63) is 130 Å². The number of azide groups is 1. The molecule has 1 amide bonds. The van der Waals surface area contributed by atoms with E-state index in [1.807, 2.05) is 78.9 Å². The molecule has 2 atom stereocenters. The molecule has 11 heteroatoms. The first-order valence-electron chi connectivity index (χ1n) is 17.1. The summed E-state index contributed by atoms with van der Waals surface area (Å²) in [4.78, 5) is 22.8. The minimum Gasteiger partial charge on any atom is -0.494 e. The van der Waals surface area contributed by atoms with Gasteiger partial charge in [-0.05, 0) is 64.9 Å². The Morgan fingerprint density at radius 2 is 1.60 bits per heavy atom. The molecule has 0 bridgehead atoms. The SMILES string of the molecule is [N-]=[N+]=Nc1ccccc1C[C@]1(C(=O)NNCC2(O)CCCCC2)N=C(c2ccc(OCCCO)cc2)O[C@H]1c1ccc(-c2ccccc2)cc1. The Kier molecular flexibility index (Phi) is 11.1. The van der Waals surface area contributed by atoms with E-state index < -0.39 is 23.2 Å². The lowest BCUT2D eigenvalue weighted by Crippen LogP contribution is -2.56. The first kappa shape index (κ1) is 34.7. The lowest BCUT2D eigenvalue weighted by molar-refractivity contribution is -0.130. The van der Waals surface area contributed by atoms with Crippen LogP contribution in [0, 0.1) is 0 Å². The molecule has 0 spiro atoms. The van der Waals surface area contributed by atoms with Crippen molar-refractivity contribution >= 4 is 17.5 Å². The number of amides is 1. The third-order valence-corrected chi connectivity index (χ3v) is 9.36. The first-order chi connectivity index (χ1) is 24.4. The van der Waals surface area contributed by atoms with Gasteiger partial charge in [0, 0.05) is 42.2 Å². The lowest BCUT2D eigenvalue weighted by atomic mass is 9.81. The Hall–Kier alpha value is -5.19. The van der Waals surface area contributed by atoms with Crippen molar-refractivity contribution in [2.45, 2.75) is 62.2 Å². The molecule has 0 aromatic heterocycles. The third-order valence-electron chi connectivity index (χ3n) is 9.36. The fourth-order valence-corrected chi connectivity index (χ4v) is 6.64. The maximum atomic E-state index is 14.7. The van der Waals surface area contributed by atoms with E-state index in [-0.39, 0.29) is 25.5 Å². The molecule has 0 unspecified atom stereocenters. The number of aliphatic hydroxyl groups excluding tert-OH is 1. The van der Waals surface area contributed by atoms with Crippen molar-refractivity contribution in [1.29, 1.82) is 0 Å². The molecular formula is C39H42N6O5. The number of aliphatic hydroxyl groups is 2. The average Bonchev–Trinajstić information content (AvgIpc) is 3.54. The maximum Gasteiger partial charge on any atom is 0.266 e. The van der Waals surface area contributed by atoms with Gasteiger partial charge >= 0.3 is 0 Å². The summed E-state index contributed by atoms with van der Waals surface area (Å²) < 4.78 is 12.4. The highest BCUT2D eigenvalue weighted by atomic mass is 16.5. The lowest BCUT2D eigenvalue weighted by Gasteiger charge is -2.34. The summed E-state index contributed by atoms with van der Waals surface area (Å²) in [5.41, 5.74) is 17.2. The van der Waals surface area contributed by atoms with Crippen LogP contribution in [0.4, 0.5) is 5.69 Å². The van der Waals surface area contributed by atoms with Gasteiger partial charge in [0.2, 0.25) is 5.90 Å². The van der Waals surface area contributed by atoms with Gasteiger partial charge in [0.1, 0.15) is 5.75 Å². The topological polar surface area (TPSA) is 161 Å². The van der Waals surface area contributed by atoms with Crippen LogP contribution in [0.2, 0.25) is 0 Å². The second-order valence-electron chi connectivity index (χ2n) is 12.9. The summed E-state index contributed by atoms with van der Waals surface area (Å²) >= 11 is 0. The van der Waals surface area contributed by atoms with Gasteiger partial charge in [-0.2, -0.15) is 0 Å². The number of rotatable bonds is 14. The Bertz CT molecular complexity index is 1820. The normalized spacial score (nSPS) is 19.5. The predicted molar refractivity (Wildman–Crippen MR) is 192 cm³/mol. The molecule has 1 aliphatic carbocycles.